The van der Waals surface area contributed by atoms with Crippen LogP contribution in [0.5, 0.6) is 0 Å². The van der Waals surface area contributed by atoms with Gasteiger partial charge in [-0.15, -0.1) is 10.2 Å². The Bertz CT molecular complexity index is 852. The monoisotopic (exact) mass is 341 g/mol. The van der Waals surface area contributed by atoms with E-state index in [0.717, 1.165) is 31.2 Å². The molecule has 1 aromatic carbocycles. The van der Waals surface area contributed by atoms with Crippen molar-refractivity contribution in [3.05, 3.63) is 30.1 Å². The third kappa shape index (κ3) is 3.21. The first-order chi connectivity index (χ1) is 12.2. The van der Waals surface area contributed by atoms with E-state index in [2.05, 4.69) is 25.7 Å². The maximum absolute atomic E-state index is 12.6. The largest absolute Gasteiger partial charge is 0.342 e. The van der Waals surface area contributed by atoms with Crippen LogP contribution in [0, 0.1) is 0 Å². The van der Waals surface area contributed by atoms with Crippen molar-refractivity contribution in [1.29, 1.82) is 0 Å². The van der Waals surface area contributed by atoms with Gasteiger partial charge in [-0.25, -0.2) is 4.63 Å². The quantitative estimate of drug-likeness (QED) is 0.706. The van der Waals surface area contributed by atoms with Crippen LogP contribution >= 0.6 is 0 Å². The van der Waals surface area contributed by atoms with Crippen LogP contribution in [-0.4, -0.2) is 54.4 Å². The number of hydrogen-bond donors (Lipinski definition) is 0. The molecule has 0 atom stereocenters. The highest BCUT2D eigenvalue weighted by atomic mass is 16.6. The average molecular weight is 341 g/mol. The van der Waals surface area contributed by atoms with Crippen molar-refractivity contribution in [1.82, 2.24) is 35.4 Å². The summed E-state index contributed by atoms with van der Waals surface area (Å²) in [6.45, 7) is 0. The highest BCUT2D eigenvalue weighted by Crippen LogP contribution is 2.29. The third-order valence-corrected chi connectivity index (χ3v) is 4.97. The lowest BCUT2D eigenvalue weighted by molar-refractivity contribution is -0.132. The molecular formula is C16H19N7O2. The van der Waals surface area contributed by atoms with Gasteiger partial charge in [-0.2, -0.15) is 4.80 Å². The summed E-state index contributed by atoms with van der Waals surface area (Å²) in [4.78, 5) is 16.2. The first-order valence-electron chi connectivity index (χ1n) is 8.40. The number of rotatable bonds is 4. The molecule has 4 rings (SSSR count). The fourth-order valence-corrected chi connectivity index (χ4v) is 3.46. The van der Waals surface area contributed by atoms with Crippen LogP contribution in [0.1, 0.15) is 37.3 Å². The average Bonchev–Trinajstić information content (AvgIpc) is 3.32. The van der Waals surface area contributed by atoms with Gasteiger partial charge >= 0.3 is 0 Å². The minimum absolute atomic E-state index is 0.109. The fourth-order valence-electron chi connectivity index (χ4n) is 3.46. The van der Waals surface area contributed by atoms with Gasteiger partial charge in [-0.3, -0.25) is 4.79 Å². The summed E-state index contributed by atoms with van der Waals surface area (Å²) in [6, 6.07) is 6.11. The maximum Gasteiger partial charge on any atom is 0.226 e. The van der Waals surface area contributed by atoms with Crippen LogP contribution in [-0.2, 0) is 11.2 Å². The molecule has 1 aliphatic carbocycles. The minimum atomic E-state index is 0.109. The van der Waals surface area contributed by atoms with E-state index in [0.29, 0.717) is 17.5 Å². The molecule has 0 bridgehead atoms. The number of carbonyl (C=O) groups is 1. The Hall–Kier alpha value is -2.84. The molecule has 1 fully saturated rings. The van der Waals surface area contributed by atoms with Gasteiger partial charge in [0.15, 0.2) is 6.33 Å². The van der Waals surface area contributed by atoms with E-state index < -0.39 is 0 Å². The van der Waals surface area contributed by atoms with E-state index in [4.69, 9.17) is 4.63 Å². The van der Waals surface area contributed by atoms with Crippen LogP contribution in [0.3, 0.4) is 0 Å². The predicted molar refractivity (Wildman–Crippen MR) is 87.4 cm³/mol. The molecule has 130 valence electrons. The van der Waals surface area contributed by atoms with Crippen LogP contribution < -0.4 is 0 Å². The second-order valence-electron chi connectivity index (χ2n) is 6.49. The highest BCUT2D eigenvalue weighted by molar-refractivity contribution is 5.81. The summed E-state index contributed by atoms with van der Waals surface area (Å²) in [5, 5.41) is 19.5. The van der Waals surface area contributed by atoms with Crippen LogP contribution in [0.4, 0.5) is 0 Å². The Balaban J connectivity index is 1.35. The van der Waals surface area contributed by atoms with Gasteiger partial charge in [0.2, 0.25) is 5.91 Å². The standard InChI is InChI=1S/C16H19N7O2/c1-22(12-3-5-13(6-4-12)23-18-10-17-21-23)16(24)9-11-2-7-14-15(8-11)20-25-19-14/h2,7-8,10,12-13H,3-6,9H2,1H3. The second kappa shape index (κ2) is 6.58. The van der Waals surface area contributed by atoms with Crippen molar-refractivity contribution in [3.8, 4) is 0 Å². The fraction of sp³-hybridized carbons (Fsp3) is 0.500. The normalized spacial score (nSPS) is 20.7. The Labute approximate surface area is 143 Å². The predicted octanol–water partition coefficient (Wildman–Crippen LogP) is 1.39. The molecule has 3 aromatic rings. The SMILES string of the molecule is CN(C(=O)Cc1ccc2nonc2c1)C1CCC(n2ncnn2)CC1. The van der Waals surface area contributed by atoms with E-state index in [-0.39, 0.29) is 18.0 Å². The van der Waals surface area contributed by atoms with Gasteiger partial charge < -0.3 is 4.90 Å². The molecule has 0 radical (unpaired) electrons. The Morgan fingerprint density at radius 2 is 2.04 bits per heavy atom. The van der Waals surface area contributed by atoms with Gasteiger partial charge in [0.1, 0.15) is 11.0 Å². The van der Waals surface area contributed by atoms with E-state index in [1.54, 1.807) is 4.80 Å². The van der Waals surface area contributed by atoms with E-state index >= 15 is 0 Å². The lowest BCUT2D eigenvalue weighted by atomic mass is 9.90. The topological polar surface area (TPSA) is 103 Å². The zero-order chi connectivity index (χ0) is 17.2. The first kappa shape index (κ1) is 15.7. The van der Waals surface area contributed by atoms with Gasteiger partial charge in [0.05, 0.1) is 12.5 Å². The summed E-state index contributed by atoms with van der Waals surface area (Å²) in [5.41, 5.74) is 2.29. The van der Waals surface area contributed by atoms with E-state index in [9.17, 15) is 4.79 Å². The number of fused-ring (bicyclic) bond motifs is 1. The molecule has 0 N–H and O–H groups in total. The second-order valence-corrected chi connectivity index (χ2v) is 6.49. The number of nitrogens with zero attached hydrogens (tertiary/aromatic N) is 7. The van der Waals surface area contributed by atoms with Crippen LogP contribution in [0.15, 0.2) is 29.2 Å². The van der Waals surface area contributed by atoms with E-state index in [1.165, 1.54) is 6.33 Å². The number of aromatic nitrogens is 6. The Morgan fingerprint density at radius 3 is 2.80 bits per heavy atom. The lowest BCUT2D eigenvalue weighted by Crippen LogP contribution is -2.40. The van der Waals surface area contributed by atoms with Gasteiger partial charge in [0.25, 0.3) is 0 Å². The molecule has 9 heteroatoms. The summed E-state index contributed by atoms with van der Waals surface area (Å²) >= 11 is 0. The molecular weight excluding hydrogens is 322 g/mol. The molecule has 1 aliphatic rings. The molecule has 0 saturated heterocycles. The molecule has 9 nitrogen and oxygen atoms in total. The molecule has 2 aromatic heterocycles. The molecule has 1 amide bonds. The van der Waals surface area contributed by atoms with Crippen molar-refractivity contribution < 1.29 is 9.42 Å². The number of benzene rings is 1. The molecule has 0 aliphatic heterocycles. The van der Waals surface area contributed by atoms with Crippen molar-refractivity contribution in [2.75, 3.05) is 7.05 Å². The van der Waals surface area contributed by atoms with Gasteiger partial charge in [-0.1, -0.05) is 6.07 Å². The molecule has 0 spiro atoms. The number of likely N-dealkylation sites (N-methyl/N-ethyl adjacent to an activating group) is 1. The summed E-state index contributed by atoms with van der Waals surface area (Å²) in [6.07, 6.45) is 5.61. The van der Waals surface area contributed by atoms with Gasteiger partial charge in [-0.05, 0) is 58.9 Å². The number of carbonyl (C=O) groups excluding carboxylic acids is 1. The molecule has 2 heterocycles. The summed E-state index contributed by atoms with van der Waals surface area (Å²) in [7, 11) is 1.89. The van der Waals surface area contributed by atoms with Crippen LogP contribution in [0.25, 0.3) is 11.0 Å². The van der Waals surface area contributed by atoms with E-state index in [1.807, 2.05) is 30.1 Å². The Kier molecular flexibility index (Phi) is 4.12. The number of tetrazole rings is 1. The lowest BCUT2D eigenvalue weighted by Gasteiger charge is -2.34. The molecule has 25 heavy (non-hydrogen) atoms. The number of hydrogen-bond acceptors (Lipinski definition) is 7. The Morgan fingerprint density at radius 1 is 1.24 bits per heavy atom. The zero-order valence-corrected chi connectivity index (χ0v) is 13.9. The molecule has 0 unspecified atom stereocenters. The minimum Gasteiger partial charge on any atom is -0.342 e. The van der Waals surface area contributed by atoms with Crippen LogP contribution in [0.2, 0.25) is 0 Å². The third-order valence-electron chi connectivity index (χ3n) is 4.97. The summed E-state index contributed by atoms with van der Waals surface area (Å²) in [5.74, 6) is 0.109. The summed E-state index contributed by atoms with van der Waals surface area (Å²) < 4.78 is 4.70. The maximum atomic E-state index is 12.6. The van der Waals surface area contributed by atoms with Crippen molar-refractivity contribution in [3.63, 3.8) is 0 Å². The number of amides is 1. The van der Waals surface area contributed by atoms with Crippen molar-refractivity contribution >= 4 is 16.9 Å². The smallest absolute Gasteiger partial charge is 0.226 e. The van der Waals surface area contributed by atoms with Crippen molar-refractivity contribution in [2.45, 2.75) is 44.2 Å². The zero-order valence-electron chi connectivity index (χ0n) is 13.9. The highest BCUT2D eigenvalue weighted by Gasteiger charge is 2.28. The van der Waals surface area contributed by atoms with Gasteiger partial charge in [0, 0.05) is 13.1 Å². The first-order valence-corrected chi connectivity index (χ1v) is 8.40. The van der Waals surface area contributed by atoms with Crippen molar-refractivity contribution in [2.24, 2.45) is 0 Å². The molecule has 1 saturated carbocycles.